The fourth-order valence-electron chi connectivity index (χ4n) is 1.75. The first kappa shape index (κ1) is 10.6. The Labute approximate surface area is 93.8 Å². The maximum atomic E-state index is 5.90. The summed E-state index contributed by atoms with van der Waals surface area (Å²) in [6.45, 7) is 0. The van der Waals surface area contributed by atoms with Gasteiger partial charge in [-0.2, -0.15) is 0 Å². The standard InChI is InChI=1S/C10H14ClN3O/c11-9-5-13-6-14-10(9)15-8-3-1-7(12)2-4-8/h5-8H,1-4,12H2. The van der Waals surface area contributed by atoms with E-state index >= 15 is 0 Å². The average molecular weight is 228 g/mol. The number of nitrogens with zero attached hydrogens (tertiary/aromatic N) is 2. The maximum Gasteiger partial charge on any atom is 0.235 e. The second kappa shape index (κ2) is 4.77. The van der Waals surface area contributed by atoms with Gasteiger partial charge in [-0.1, -0.05) is 11.6 Å². The number of ether oxygens (including phenoxy) is 1. The highest BCUT2D eigenvalue weighted by Gasteiger charge is 2.20. The van der Waals surface area contributed by atoms with Crippen LogP contribution in [0.15, 0.2) is 12.5 Å². The predicted molar refractivity (Wildman–Crippen MR) is 57.9 cm³/mol. The normalized spacial score (nSPS) is 26.3. The van der Waals surface area contributed by atoms with Gasteiger partial charge in [0, 0.05) is 6.04 Å². The van der Waals surface area contributed by atoms with E-state index in [2.05, 4.69) is 9.97 Å². The smallest absolute Gasteiger partial charge is 0.235 e. The maximum absolute atomic E-state index is 5.90. The summed E-state index contributed by atoms with van der Waals surface area (Å²) in [5, 5.41) is 0.465. The molecule has 1 aliphatic carbocycles. The molecule has 82 valence electrons. The molecule has 5 heteroatoms. The molecule has 0 bridgehead atoms. The second-order valence-corrected chi connectivity index (χ2v) is 4.24. The summed E-state index contributed by atoms with van der Waals surface area (Å²) < 4.78 is 5.70. The molecule has 0 radical (unpaired) electrons. The third kappa shape index (κ3) is 2.79. The zero-order valence-corrected chi connectivity index (χ0v) is 9.15. The van der Waals surface area contributed by atoms with Gasteiger partial charge in [-0.15, -0.1) is 0 Å². The van der Waals surface area contributed by atoms with E-state index in [-0.39, 0.29) is 6.10 Å². The van der Waals surface area contributed by atoms with E-state index in [1.165, 1.54) is 6.33 Å². The van der Waals surface area contributed by atoms with Gasteiger partial charge in [-0.25, -0.2) is 9.97 Å². The second-order valence-electron chi connectivity index (χ2n) is 3.83. The predicted octanol–water partition coefficient (Wildman–Crippen LogP) is 1.78. The zero-order valence-electron chi connectivity index (χ0n) is 8.40. The topological polar surface area (TPSA) is 61.0 Å². The Morgan fingerprint density at radius 2 is 2.07 bits per heavy atom. The molecular formula is C10H14ClN3O. The zero-order chi connectivity index (χ0) is 10.7. The lowest BCUT2D eigenvalue weighted by atomic mass is 9.94. The van der Waals surface area contributed by atoms with Crippen molar-refractivity contribution in [1.82, 2.24) is 9.97 Å². The van der Waals surface area contributed by atoms with Crippen LogP contribution in [0, 0.1) is 0 Å². The van der Waals surface area contributed by atoms with Gasteiger partial charge in [-0.3, -0.25) is 0 Å². The van der Waals surface area contributed by atoms with E-state index in [1.807, 2.05) is 0 Å². The average Bonchev–Trinajstić information content (AvgIpc) is 2.25. The van der Waals surface area contributed by atoms with Crippen LogP contribution in [-0.4, -0.2) is 22.1 Å². The molecule has 0 unspecified atom stereocenters. The summed E-state index contributed by atoms with van der Waals surface area (Å²) >= 11 is 5.90. The first-order valence-electron chi connectivity index (χ1n) is 5.13. The van der Waals surface area contributed by atoms with E-state index < -0.39 is 0 Å². The Morgan fingerprint density at radius 1 is 1.33 bits per heavy atom. The summed E-state index contributed by atoms with van der Waals surface area (Å²) in [5.74, 6) is 0.479. The third-order valence-corrected chi connectivity index (χ3v) is 2.89. The Hall–Kier alpha value is -0.870. The van der Waals surface area contributed by atoms with Crippen LogP contribution >= 0.6 is 11.6 Å². The molecule has 0 aromatic carbocycles. The number of rotatable bonds is 2. The summed E-state index contributed by atoms with van der Waals surface area (Å²) in [7, 11) is 0. The minimum Gasteiger partial charge on any atom is -0.473 e. The molecular weight excluding hydrogens is 214 g/mol. The molecule has 2 N–H and O–H groups in total. The largest absolute Gasteiger partial charge is 0.473 e. The van der Waals surface area contributed by atoms with Crippen molar-refractivity contribution in [3.05, 3.63) is 17.5 Å². The van der Waals surface area contributed by atoms with Crippen molar-refractivity contribution in [2.75, 3.05) is 0 Å². The highest BCUT2D eigenvalue weighted by Crippen LogP contribution is 2.25. The van der Waals surface area contributed by atoms with Crippen LogP contribution in [0.5, 0.6) is 5.88 Å². The summed E-state index contributed by atoms with van der Waals surface area (Å²) in [4.78, 5) is 7.80. The lowest BCUT2D eigenvalue weighted by Gasteiger charge is -2.26. The van der Waals surface area contributed by atoms with Crippen molar-refractivity contribution < 1.29 is 4.74 Å². The lowest BCUT2D eigenvalue weighted by Crippen LogP contribution is -2.31. The number of halogens is 1. The highest BCUT2D eigenvalue weighted by atomic mass is 35.5. The van der Waals surface area contributed by atoms with Crippen LogP contribution < -0.4 is 10.5 Å². The molecule has 2 rings (SSSR count). The summed E-state index contributed by atoms with van der Waals surface area (Å²) in [6, 6.07) is 0.325. The molecule has 0 spiro atoms. The van der Waals surface area contributed by atoms with Gasteiger partial charge in [0.25, 0.3) is 0 Å². The fraction of sp³-hybridized carbons (Fsp3) is 0.600. The van der Waals surface area contributed by atoms with Gasteiger partial charge in [0.2, 0.25) is 5.88 Å². The molecule has 15 heavy (non-hydrogen) atoms. The molecule has 1 aliphatic rings. The van der Waals surface area contributed by atoms with E-state index in [4.69, 9.17) is 22.1 Å². The molecule has 0 aliphatic heterocycles. The Morgan fingerprint density at radius 3 is 2.73 bits per heavy atom. The highest BCUT2D eigenvalue weighted by molar-refractivity contribution is 6.31. The van der Waals surface area contributed by atoms with E-state index in [0.717, 1.165) is 25.7 Å². The minimum atomic E-state index is 0.192. The Kier molecular flexibility index (Phi) is 3.38. The third-order valence-electron chi connectivity index (χ3n) is 2.63. The number of hydrogen-bond acceptors (Lipinski definition) is 4. The van der Waals surface area contributed by atoms with E-state index in [1.54, 1.807) is 6.20 Å². The molecule has 0 atom stereocenters. The van der Waals surface area contributed by atoms with E-state index in [9.17, 15) is 0 Å². The van der Waals surface area contributed by atoms with Crippen molar-refractivity contribution in [2.45, 2.75) is 37.8 Å². The first-order chi connectivity index (χ1) is 7.25. The van der Waals surface area contributed by atoms with Crippen molar-refractivity contribution in [3.63, 3.8) is 0 Å². The van der Waals surface area contributed by atoms with Gasteiger partial charge in [0.15, 0.2) is 0 Å². The SMILES string of the molecule is NC1CCC(Oc2ncncc2Cl)CC1. The lowest BCUT2D eigenvalue weighted by molar-refractivity contribution is 0.141. The van der Waals surface area contributed by atoms with Crippen LogP contribution in [-0.2, 0) is 0 Å². The van der Waals surface area contributed by atoms with Crippen LogP contribution in [0.1, 0.15) is 25.7 Å². The molecule has 1 heterocycles. The number of hydrogen-bond donors (Lipinski definition) is 1. The van der Waals surface area contributed by atoms with Gasteiger partial charge in [0.05, 0.1) is 6.20 Å². The molecule has 1 aromatic rings. The van der Waals surface area contributed by atoms with Crippen LogP contribution in [0.2, 0.25) is 5.02 Å². The van der Waals surface area contributed by atoms with Crippen molar-refractivity contribution in [3.8, 4) is 5.88 Å². The molecule has 1 fully saturated rings. The molecule has 0 amide bonds. The Balaban J connectivity index is 1.95. The number of nitrogens with two attached hydrogens (primary N) is 1. The minimum absolute atomic E-state index is 0.192. The van der Waals surface area contributed by atoms with Gasteiger partial charge >= 0.3 is 0 Å². The van der Waals surface area contributed by atoms with Crippen LogP contribution in [0.4, 0.5) is 0 Å². The van der Waals surface area contributed by atoms with Gasteiger partial charge < -0.3 is 10.5 Å². The molecule has 4 nitrogen and oxygen atoms in total. The summed E-state index contributed by atoms with van der Waals surface area (Å²) in [6.07, 6.45) is 7.13. The van der Waals surface area contributed by atoms with Gasteiger partial charge in [-0.05, 0) is 25.7 Å². The van der Waals surface area contributed by atoms with Crippen molar-refractivity contribution in [2.24, 2.45) is 5.73 Å². The fourth-order valence-corrected chi connectivity index (χ4v) is 1.90. The first-order valence-corrected chi connectivity index (χ1v) is 5.51. The molecule has 1 aromatic heterocycles. The van der Waals surface area contributed by atoms with Crippen molar-refractivity contribution >= 4 is 11.6 Å². The number of aromatic nitrogens is 2. The van der Waals surface area contributed by atoms with Crippen molar-refractivity contribution in [1.29, 1.82) is 0 Å². The van der Waals surface area contributed by atoms with Crippen LogP contribution in [0.25, 0.3) is 0 Å². The molecule has 0 saturated heterocycles. The van der Waals surface area contributed by atoms with Crippen LogP contribution in [0.3, 0.4) is 0 Å². The summed E-state index contributed by atoms with van der Waals surface area (Å²) in [5.41, 5.74) is 5.81. The van der Waals surface area contributed by atoms with E-state index in [0.29, 0.717) is 16.9 Å². The monoisotopic (exact) mass is 227 g/mol. The Bertz CT molecular complexity index is 326. The molecule has 1 saturated carbocycles. The quantitative estimate of drug-likeness (QED) is 0.837. The van der Waals surface area contributed by atoms with Gasteiger partial charge in [0.1, 0.15) is 17.5 Å².